The number of nitrogens with two attached hydrogens (primary N) is 1. The lowest BCUT2D eigenvalue weighted by Crippen LogP contribution is -2.09. The number of phenolic OH excluding ortho intramolecular Hbond substituents is 1. The van der Waals surface area contributed by atoms with Crippen LogP contribution in [0.4, 0.5) is 0 Å². The van der Waals surface area contributed by atoms with Crippen LogP contribution in [-0.2, 0) is 10.0 Å². The van der Waals surface area contributed by atoms with E-state index in [1.807, 2.05) is 0 Å². The van der Waals surface area contributed by atoms with Gasteiger partial charge in [0.1, 0.15) is 9.96 Å². The van der Waals surface area contributed by atoms with Crippen LogP contribution in [0.25, 0.3) is 10.1 Å². The zero-order valence-electron chi connectivity index (χ0n) is 7.89. The molecule has 80 valence electrons. The van der Waals surface area contributed by atoms with Gasteiger partial charge in [0.25, 0.3) is 0 Å². The van der Waals surface area contributed by atoms with Gasteiger partial charge in [-0.3, -0.25) is 0 Å². The summed E-state index contributed by atoms with van der Waals surface area (Å²) in [6.45, 7) is 1.76. The van der Waals surface area contributed by atoms with Crippen molar-refractivity contribution in [3.8, 4) is 5.75 Å². The summed E-state index contributed by atoms with van der Waals surface area (Å²) in [7, 11) is -3.65. The summed E-state index contributed by atoms with van der Waals surface area (Å²) in [5.74, 6) is 0.154. The lowest BCUT2D eigenvalue weighted by atomic mass is 10.2. The molecule has 0 amide bonds. The maximum Gasteiger partial charge on any atom is 0.247 e. The van der Waals surface area contributed by atoms with E-state index in [2.05, 4.69) is 0 Å². The highest BCUT2D eigenvalue weighted by Crippen LogP contribution is 2.32. The number of aryl methyl sites for hydroxylation is 1. The fourth-order valence-electron chi connectivity index (χ4n) is 1.29. The number of hydrogen-bond donors (Lipinski definition) is 2. The zero-order chi connectivity index (χ0) is 11.2. The van der Waals surface area contributed by atoms with E-state index < -0.39 is 10.0 Å². The molecule has 4 nitrogen and oxygen atoms in total. The highest BCUT2D eigenvalue weighted by Gasteiger charge is 2.13. The van der Waals surface area contributed by atoms with Crippen LogP contribution in [0.5, 0.6) is 5.75 Å². The lowest BCUT2D eigenvalue weighted by Gasteiger charge is -1.96. The Hall–Kier alpha value is -1.11. The summed E-state index contributed by atoms with van der Waals surface area (Å²) in [5.41, 5.74) is 0.713. The standard InChI is InChI=1S/C9H9NO3S2/c1-5-2-8-6(3-7(5)11)4-9(14-8)15(10,12)13/h2-4,11H,1H3,(H2,10,12,13). The first-order chi connectivity index (χ1) is 6.88. The van der Waals surface area contributed by atoms with Crippen LogP contribution in [0.1, 0.15) is 5.56 Å². The third-order valence-corrected chi connectivity index (χ3v) is 4.61. The van der Waals surface area contributed by atoms with Crippen LogP contribution in [0.3, 0.4) is 0 Å². The molecule has 0 unspecified atom stereocenters. The third kappa shape index (κ3) is 1.83. The van der Waals surface area contributed by atoms with E-state index in [1.54, 1.807) is 13.0 Å². The summed E-state index contributed by atoms with van der Waals surface area (Å²) in [6.07, 6.45) is 0. The number of benzene rings is 1. The fourth-order valence-corrected chi connectivity index (χ4v) is 3.19. The molecule has 0 saturated heterocycles. The second-order valence-corrected chi connectivity index (χ2v) is 6.16. The molecular formula is C9H9NO3S2. The first kappa shape index (κ1) is 10.4. The number of hydrogen-bond acceptors (Lipinski definition) is 4. The maximum atomic E-state index is 11.1. The second kappa shape index (κ2) is 3.19. The van der Waals surface area contributed by atoms with Crippen molar-refractivity contribution in [2.24, 2.45) is 5.14 Å². The maximum absolute atomic E-state index is 11.1. The van der Waals surface area contributed by atoms with Gasteiger partial charge < -0.3 is 5.11 Å². The molecule has 6 heteroatoms. The Morgan fingerprint density at radius 1 is 1.33 bits per heavy atom. The van der Waals surface area contributed by atoms with Gasteiger partial charge in [-0.1, -0.05) is 0 Å². The molecule has 0 saturated carbocycles. The van der Waals surface area contributed by atoms with Gasteiger partial charge in [0, 0.05) is 4.70 Å². The highest BCUT2D eigenvalue weighted by atomic mass is 32.2. The molecule has 0 radical (unpaired) electrons. The van der Waals surface area contributed by atoms with Crippen LogP contribution < -0.4 is 5.14 Å². The van der Waals surface area contributed by atoms with Crippen molar-refractivity contribution in [1.29, 1.82) is 0 Å². The first-order valence-electron chi connectivity index (χ1n) is 4.14. The average Bonchev–Trinajstić information content (AvgIpc) is 2.47. The topological polar surface area (TPSA) is 80.4 Å². The number of primary sulfonamides is 1. The minimum Gasteiger partial charge on any atom is -0.508 e. The van der Waals surface area contributed by atoms with Gasteiger partial charge in [-0.2, -0.15) is 0 Å². The molecule has 0 aliphatic carbocycles. The smallest absolute Gasteiger partial charge is 0.247 e. The van der Waals surface area contributed by atoms with Crippen molar-refractivity contribution in [3.05, 3.63) is 23.8 Å². The number of phenols is 1. The minimum atomic E-state index is -3.65. The summed E-state index contributed by atoms with van der Waals surface area (Å²) >= 11 is 1.10. The Balaban J connectivity index is 2.77. The van der Waals surface area contributed by atoms with Crippen molar-refractivity contribution in [2.75, 3.05) is 0 Å². The summed E-state index contributed by atoms with van der Waals surface area (Å²) in [4.78, 5) is 0. The molecule has 1 aromatic heterocycles. The van der Waals surface area contributed by atoms with Gasteiger partial charge in [0.15, 0.2) is 0 Å². The number of rotatable bonds is 1. The summed E-state index contributed by atoms with van der Waals surface area (Å²) < 4.78 is 23.1. The Morgan fingerprint density at radius 3 is 2.60 bits per heavy atom. The van der Waals surface area contributed by atoms with Crippen LogP contribution in [0.2, 0.25) is 0 Å². The highest BCUT2D eigenvalue weighted by molar-refractivity contribution is 7.91. The predicted molar refractivity (Wildman–Crippen MR) is 59.6 cm³/mol. The van der Waals surface area contributed by atoms with Crippen LogP contribution in [0.15, 0.2) is 22.4 Å². The van der Waals surface area contributed by atoms with Crippen molar-refractivity contribution < 1.29 is 13.5 Å². The molecule has 15 heavy (non-hydrogen) atoms. The number of fused-ring (bicyclic) bond motifs is 1. The second-order valence-electron chi connectivity index (χ2n) is 3.29. The first-order valence-corrected chi connectivity index (χ1v) is 6.50. The van der Waals surface area contributed by atoms with E-state index in [-0.39, 0.29) is 9.96 Å². The minimum absolute atomic E-state index is 0.113. The molecule has 1 aromatic carbocycles. The van der Waals surface area contributed by atoms with Crippen molar-refractivity contribution in [2.45, 2.75) is 11.1 Å². The molecule has 0 aliphatic rings. The normalized spacial score (nSPS) is 12.1. The molecule has 1 heterocycles. The molecule has 2 aromatic rings. The average molecular weight is 243 g/mol. The Labute approximate surface area is 91.0 Å². The van der Waals surface area contributed by atoms with Gasteiger partial charge in [0.2, 0.25) is 10.0 Å². The largest absolute Gasteiger partial charge is 0.508 e. The predicted octanol–water partition coefficient (Wildman–Crippen LogP) is 1.56. The van der Waals surface area contributed by atoms with Gasteiger partial charge in [-0.15, -0.1) is 11.3 Å². The van der Waals surface area contributed by atoms with Crippen molar-refractivity contribution in [3.63, 3.8) is 0 Å². The molecule has 0 atom stereocenters. The van der Waals surface area contributed by atoms with Gasteiger partial charge in [0.05, 0.1) is 0 Å². The van der Waals surface area contributed by atoms with Gasteiger partial charge >= 0.3 is 0 Å². The van der Waals surface area contributed by atoms with Crippen LogP contribution in [0, 0.1) is 6.92 Å². The van der Waals surface area contributed by atoms with Crippen molar-refractivity contribution >= 4 is 31.4 Å². The molecular weight excluding hydrogens is 234 g/mol. The van der Waals surface area contributed by atoms with E-state index in [1.165, 1.54) is 12.1 Å². The summed E-state index contributed by atoms with van der Waals surface area (Å²) in [5, 5.41) is 15.2. The zero-order valence-corrected chi connectivity index (χ0v) is 9.52. The number of sulfonamides is 1. The molecule has 0 spiro atoms. The van der Waals surface area contributed by atoms with Crippen molar-refractivity contribution in [1.82, 2.24) is 0 Å². The Kier molecular flexibility index (Phi) is 2.22. The van der Waals surface area contributed by atoms with Crippen LogP contribution in [-0.4, -0.2) is 13.5 Å². The quantitative estimate of drug-likeness (QED) is 0.797. The molecule has 2 rings (SSSR count). The fraction of sp³-hybridized carbons (Fsp3) is 0.111. The SMILES string of the molecule is Cc1cc2sc(S(N)(=O)=O)cc2cc1O. The molecule has 0 aliphatic heterocycles. The number of aromatic hydroxyl groups is 1. The van der Waals surface area contributed by atoms with Gasteiger partial charge in [-0.25, -0.2) is 13.6 Å². The number of thiophene rings is 1. The summed E-state index contributed by atoms with van der Waals surface area (Å²) in [6, 6.07) is 4.74. The Bertz CT molecular complexity index is 589. The Morgan fingerprint density at radius 2 is 2.00 bits per heavy atom. The lowest BCUT2D eigenvalue weighted by molar-refractivity contribution is 0.472. The molecule has 0 fully saturated rings. The van der Waals surface area contributed by atoms with Crippen LogP contribution >= 0.6 is 11.3 Å². The monoisotopic (exact) mass is 243 g/mol. The van der Waals surface area contributed by atoms with Gasteiger partial charge in [-0.05, 0) is 36.1 Å². The van der Waals surface area contributed by atoms with E-state index in [0.29, 0.717) is 10.9 Å². The molecule has 0 bridgehead atoms. The van der Waals surface area contributed by atoms with E-state index in [0.717, 1.165) is 16.0 Å². The third-order valence-electron chi connectivity index (χ3n) is 2.09. The van der Waals surface area contributed by atoms with E-state index >= 15 is 0 Å². The molecule has 3 N–H and O–H groups in total. The van der Waals surface area contributed by atoms with E-state index in [9.17, 15) is 13.5 Å². The van der Waals surface area contributed by atoms with E-state index in [4.69, 9.17) is 5.14 Å².